The zero-order valence-electron chi connectivity index (χ0n) is 10.8. The van der Waals surface area contributed by atoms with E-state index in [1.54, 1.807) is 6.92 Å². The van der Waals surface area contributed by atoms with Gasteiger partial charge in [-0.1, -0.05) is 6.07 Å². The molecule has 4 heteroatoms. The van der Waals surface area contributed by atoms with Gasteiger partial charge in [-0.3, -0.25) is 0 Å². The minimum atomic E-state index is -0.614. The Morgan fingerprint density at radius 3 is 2.50 bits per heavy atom. The predicted octanol–water partition coefficient (Wildman–Crippen LogP) is 2.69. The Kier molecular flexibility index (Phi) is 4.94. The molecule has 1 N–H and O–H groups in total. The number of anilines is 1. The van der Waals surface area contributed by atoms with Crippen LogP contribution in [-0.2, 0) is 9.53 Å². The second-order valence-electron chi connectivity index (χ2n) is 3.91. The first kappa shape index (κ1) is 13.8. The molecule has 0 saturated carbocycles. The van der Waals surface area contributed by atoms with Crippen LogP contribution >= 0.6 is 0 Å². The standard InChI is InChI=1S/C14H16N2O2/c1-4-18-14(17)12(8-15)9-16-13-6-10(2)5-11(3)7-13/h5-7,9,16H,4H2,1-3H3/b12-9-. The number of nitrogens with one attached hydrogen (secondary N) is 1. The number of benzene rings is 1. The lowest BCUT2D eigenvalue weighted by Gasteiger charge is -2.05. The summed E-state index contributed by atoms with van der Waals surface area (Å²) in [6, 6.07) is 7.73. The van der Waals surface area contributed by atoms with Crippen LogP contribution in [0, 0.1) is 25.2 Å². The normalized spacial score (nSPS) is 10.7. The molecule has 1 rings (SSSR count). The number of nitrogens with zero attached hydrogens (tertiary/aromatic N) is 1. The van der Waals surface area contributed by atoms with Gasteiger partial charge < -0.3 is 10.1 Å². The van der Waals surface area contributed by atoms with Crippen molar-refractivity contribution in [2.24, 2.45) is 0 Å². The van der Waals surface area contributed by atoms with E-state index in [2.05, 4.69) is 5.32 Å². The number of esters is 1. The maximum atomic E-state index is 11.4. The van der Waals surface area contributed by atoms with E-state index >= 15 is 0 Å². The van der Waals surface area contributed by atoms with E-state index in [9.17, 15) is 4.79 Å². The van der Waals surface area contributed by atoms with Crippen LogP contribution in [-0.4, -0.2) is 12.6 Å². The Morgan fingerprint density at radius 2 is 2.00 bits per heavy atom. The maximum absolute atomic E-state index is 11.4. The van der Waals surface area contributed by atoms with Crippen molar-refractivity contribution < 1.29 is 9.53 Å². The van der Waals surface area contributed by atoms with Gasteiger partial charge in [0.1, 0.15) is 6.07 Å². The molecular formula is C14H16N2O2. The molecule has 0 unspecified atom stereocenters. The van der Waals surface area contributed by atoms with Crippen LogP contribution in [0.2, 0.25) is 0 Å². The van der Waals surface area contributed by atoms with E-state index in [4.69, 9.17) is 10.00 Å². The second kappa shape index (κ2) is 6.45. The summed E-state index contributed by atoms with van der Waals surface area (Å²) in [4.78, 5) is 11.4. The number of carbonyl (C=O) groups excluding carboxylic acids is 1. The molecule has 0 aliphatic carbocycles. The number of rotatable bonds is 4. The van der Waals surface area contributed by atoms with Gasteiger partial charge in [-0.25, -0.2) is 4.79 Å². The minimum Gasteiger partial charge on any atom is -0.462 e. The summed E-state index contributed by atoms with van der Waals surface area (Å²) in [5.74, 6) is -0.614. The number of carbonyl (C=O) groups is 1. The van der Waals surface area contributed by atoms with Gasteiger partial charge in [0.05, 0.1) is 6.61 Å². The quantitative estimate of drug-likeness (QED) is 0.502. The fourth-order valence-electron chi connectivity index (χ4n) is 1.56. The molecule has 1 aromatic rings. The zero-order chi connectivity index (χ0) is 13.5. The second-order valence-corrected chi connectivity index (χ2v) is 3.91. The number of hydrogen-bond donors (Lipinski definition) is 1. The van der Waals surface area contributed by atoms with Crippen LogP contribution in [0.25, 0.3) is 0 Å². The largest absolute Gasteiger partial charge is 0.462 e. The molecule has 18 heavy (non-hydrogen) atoms. The lowest BCUT2D eigenvalue weighted by Crippen LogP contribution is -2.07. The summed E-state index contributed by atoms with van der Waals surface area (Å²) in [5, 5.41) is 11.8. The van der Waals surface area contributed by atoms with Crippen LogP contribution < -0.4 is 5.32 Å². The Morgan fingerprint density at radius 1 is 1.39 bits per heavy atom. The molecule has 94 valence electrons. The van der Waals surface area contributed by atoms with Gasteiger partial charge in [-0.2, -0.15) is 5.26 Å². The SMILES string of the molecule is CCOC(=O)/C(C#N)=C\Nc1cc(C)cc(C)c1. The van der Waals surface area contributed by atoms with Gasteiger partial charge in [-0.15, -0.1) is 0 Å². The molecule has 4 nitrogen and oxygen atoms in total. The van der Waals surface area contributed by atoms with E-state index in [1.807, 2.05) is 38.1 Å². The van der Waals surface area contributed by atoms with Crippen molar-refractivity contribution in [2.45, 2.75) is 20.8 Å². The third kappa shape index (κ3) is 3.95. The Bertz CT molecular complexity index is 493. The lowest BCUT2D eigenvalue weighted by atomic mass is 10.1. The highest BCUT2D eigenvalue weighted by atomic mass is 16.5. The average molecular weight is 244 g/mol. The van der Waals surface area contributed by atoms with Gasteiger partial charge in [0.15, 0.2) is 5.57 Å². The molecule has 0 amide bonds. The van der Waals surface area contributed by atoms with E-state index < -0.39 is 5.97 Å². The zero-order valence-corrected chi connectivity index (χ0v) is 10.8. The third-order valence-electron chi connectivity index (χ3n) is 2.22. The van der Waals surface area contributed by atoms with Crippen LogP contribution in [0.3, 0.4) is 0 Å². The molecule has 0 aromatic heterocycles. The molecule has 0 bridgehead atoms. The summed E-state index contributed by atoms with van der Waals surface area (Å²) in [6.45, 7) is 5.92. The van der Waals surface area contributed by atoms with Crippen LogP contribution in [0.1, 0.15) is 18.1 Å². The monoisotopic (exact) mass is 244 g/mol. The number of aryl methyl sites for hydroxylation is 2. The topological polar surface area (TPSA) is 62.1 Å². The molecule has 0 spiro atoms. The average Bonchev–Trinajstić information content (AvgIpc) is 2.29. The molecule has 0 aliphatic rings. The highest BCUT2D eigenvalue weighted by Crippen LogP contribution is 2.14. The van der Waals surface area contributed by atoms with E-state index in [0.29, 0.717) is 0 Å². The fourth-order valence-corrected chi connectivity index (χ4v) is 1.56. The Balaban J connectivity index is 2.83. The first-order valence-electron chi connectivity index (χ1n) is 5.69. The summed E-state index contributed by atoms with van der Waals surface area (Å²) < 4.78 is 4.76. The van der Waals surface area contributed by atoms with Crippen molar-refractivity contribution in [1.82, 2.24) is 0 Å². The van der Waals surface area contributed by atoms with Gasteiger partial charge in [-0.05, 0) is 44.0 Å². The smallest absolute Gasteiger partial charge is 0.350 e. The molecule has 0 atom stereocenters. The fraction of sp³-hybridized carbons (Fsp3) is 0.286. The summed E-state index contributed by atoms with van der Waals surface area (Å²) in [6.07, 6.45) is 1.37. The maximum Gasteiger partial charge on any atom is 0.350 e. The number of hydrogen-bond acceptors (Lipinski definition) is 4. The van der Waals surface area contributed by atoms with E-state index in [1.165, 1.54) is 6.20 Å². The van der Waals surface area contributed by atoms with E-state index in [0.717, 1.165) is 16.8 Å². The van der Waals surface area contributed by atoms with Crippen LogP contribution in [0.5, 0.6) is 0 Å². The van der Waals surface area contributed by atoms with E-state index in [-0.39, 0.29) is 12.2 Å². The van der Waals surface area contributed by atoms with Gasteiger partial charge in [0.2, 0.25) is 0 Å². The Labute approximate surface area is 107 Å². The van der Waals surface area contributed by atoms with Gasteiger partial charge in [0.25, 0.3) is 0 Å². The van der Waals surface area contributed by atoms with Gasteiger partial charge in [0, 0.05) is 11.9 Å². The predicted molar refractivity (Wildman–Crippen MR) is 69.9 cm³/mol. The molecule has 0 aliphatic heterocycles. The van der Waals surface area contributed by atoms with Crippen molar-refractivity contribution in [3.63, 3.8) is 0 Å². The molecule has 1 aromatic carbocycles. The summed E-state index contributed by atoms with van der Waals surface area (Å²) >= 11 is 0. The lowest BCUT2D eigenvalue weighted by molar-refractivity contribution is -0.138. The van der Waals surface area contributed by atoms with Gasteiger partial charge >= 0.3 is 5.97 Å². The summed E-state index contributed by atoms with van der Waals surface area (Å²) in [7, 11) is 0. The van der Waals surface area contributed by atoms with Crippen molar-refractivity contribution >= 4 is 11.7 Å². The van der Waals surface area contributed by atoms with Crippen molar-refractivity contribution in [2.75, 3.05) is 11.9 Å². The van der Waals surface area contributed by atoms with Crippen molar-refractivity contribution in [3.8, 4) is 6.07 Å². The highest BCUT2D eigenvalue weighted by molar-refractivity contribution is 5.93. The number of nitriles is 1. The Hall–Kier alpha value is -2.28. The molecular weight excluding hydrogens is 228 g/mol. The number of ether oxygens (including phenoxy) is 1. The van der Waals surface area contributed by atoms with Crippen molar-refractivity contribution in [3.05, 3.63) is 41.1 Å². The van der Waals surface area contributed by atoms with Crippen LogP contribution in [0.15, 0.2) is 30.0 Å². The first-order chi connectivity index (χ1) is 8.56. The summed E-state index contributed by atoms with van der Waals surface area (Å²) in [5.41, 5.74) is 3.02. The van der Waals surface area contributed by atoms with Crippen molar-refractivity contribution in [1.29, 1.82) is 5.26 Å². The van der Waals surface area contributed by atoms with Crippen LogP contribution in [0.4, 0.5) is 5.69 Å². The minimum absolute atomic E-state index is 0.0454. The highest BCUT2D eigenvalue weighted by Gasteiger charge is 2.08. The molecule has 0 saturated heterocycles. The molecule has 0 heterocycles. The first-order valence-corrected chi connectivity index (χ1v) is 5.69. The third-order valence-corrected chi connectivity index (χ3v) is 2.22. The molecule has 0 fully saturated rings. The molecule has 0 radical (unpaired) electrons.